The first-order valence-corrected chi connectivity index (χ1v) is 7.80. The first-order chi connectivity index (χ1) is 10.7. The van der Waals surface area contributed by atoms with E-state index in [1.54, 1.807) is 6.20 Å². The van der Waals surface area contributed by atoms with E-state index in [1.165, 1.54) is 0 Å². The number of hydrogen-bond donors (Lipinski definition) is 2. The molecule has 2 atom stereocenters. The fourth-order valence-corrected chi connectivity index (χ4v) is 3.07. The van der Waals surface area contributed by atoms with E-state index in [2.05, 4.69) is 10.2 Å². The van der Waals surface area contributed by atoms with Gasteiger partial charge in [-0.15, -0.1) is 0 Å². The van der Waals surface area contributed by atoms with Crippen molar-refractivity contribution in [3.05, 3.63) is 42.1 Å². The highest BCUT2D eigenvalue weighted by molar-refractivity contribution is 5.99. The van der Waals surface area contributed by atoms with Crippen LogP contribution in [0.2, 0.25) is 0 Å². The van der Waals surface area contributed by atoms with Crippen LogP contribution < -0.4 is 5.73 Å². The number of likely N-dealkylation sites (tertiary alicyclic amines) is 1. The van der Waals surface area contributed by atoms with Gasteiger partial charge in [-0.2, -0.15) is 5.10 Å². The van der Waals surface area contributed by atoms with Crippen molar-refractivity contribution in [2.75, 3.05) is 13.1 Å². The molecule has 3 N–H and O–H groups in total. The summed E-state index contributed by atoms with van der Waals surface area (Å²) in [5.74, 6) is 0.419. The molecule has 0 spiro atoms. The molecule has 5 heteroatoms. The summed E-state index contributed by atoms with van der Waals surface area (Å²) in [7, 11) is 0. The van der Waals surface area contributed by atoms with Crippen molar-refractivity contribution in [1.82, 2.24) is 15.1 Å². The Bertz CT molecular complexity index is 635. The number of nitrogens with one attached hydrogen (secondary N) is 1. The number of nitrogens with two attached hydrogens (primary N) is 1. The highest BCUT2D eigenvalue weighted by Crippen LogP contribution is 2.25. The predicted molar refractivity (Wildman–Crippen MR) is 86.3 cm³/mol. The van der Waals surface area contributed by atoms with Crippen LogP contribution in [-0.4, -0.2) is 40.1 Å². The standard InChI is InChI=1S/C17H22N4O/c1-12(18)14-8-5-9-21(11-14)17(22)15-10-19-20-16(15)13-6-3-2-4-7-13/h2-4,6-7,10,12,14H,5,8-9,11,18H2,1H3,(H,19,20). The minimum atomic E-state index is 0.0398. The van der Waals surface area contributed by atoms with Crippen LogP contribution in [0.15, 0.2) is 36.5 Å². The van der Waals surface area contributed by atoms with E-state index in [-0.39, 0.29) is 11.9 Å². The summed E-state index contributed by atoms with van der Waals surface area (Å²) >= 11 is 0. The van der Waals surface area contributed by atoms with Gasteiger partial charge in [0.25, 0.3) is 5.91 Å². The van der Waals surface area contributed by atoms with Crippen LogP contribution in [0.4, 0.5) is 0 Å². The van der Waals surface area contributed by atoms with Gasteiger partial charge in [0, 0.05) is 24.7 Å². The van der Waals surface area contributed by atoms with Crippen LogP contribution in [0.5, 0.6) is 0 Å². The van der Waals surface area contributed by atoms with Crippen molar-refractivity contribution < 1.29 is 4.79 Å². The largest absolute Gasteiger partial charge is 0.338 e. The lowest BCUT2D eigenvalue weighted by molar-refractivity contribution is 0.0662. The van der Waals surface area contributed by atoms with Crippen LogP contribution in [-0.2, 0) is 0 Å². The molecule has 1 amide bonds. The zero-order valence-corrected chi connectivity index (χ0v) is 12.8. The normalized spacial score (nSPS) is 19.9. The van der Waals surface area contributed by atoms with E-state index >= 15 is 0 Å². The maximum Gasteiger partial charge on any atom is 0.257 e. The molecule has 2 heterocycles. The van der Waals surface area contributed by atoms with E-state index in [0.29, 0.717) is 11.5 Å². The molecule has 1 aliphatic rings. The quantitative estimate of drug-likeness (QED) is 0.913. The van der Waals surface area contributed by atoms with E-state index < -0.39 is 0 Å². The van der Waals surface area contributed by atoms with E-state index in [4.69, 9.17) is 5.73 Å². The second kappa shape index (κ2) is 6.32. The Balaban J connectivity index is 1.83. The number of carbonyl (C=O) groups is 1. The van der Waals surface area contributed by atoms with Crippen molar-refractivity contribution in [1.29, 1.82) is 0 Å². The molecule has 2 unspecified atom stereocenters. The van der Waals surface area contributed by atoms with Crippen molar-refractivity contribution in [3.63, 3.8) is 0 Å². The summed E-state index contributed by atoms with van der Waals surface area (Å²) in [4.78, 5) is 14.8. The molecule has 22 heavy (non-hydrogen) atoms. The zero-order valence-electron chi connectivity index (χ0n) is 12.8. The number of rotatable bonds is 3. The lowest BCUT2D eigenvalue weighted by Crippen LogP contribution is -2.45. The lowest BCUT2D eigenvalue weighted by atomic mass is 9.91. The summed E-state index contributed by atoms with van der Waals surface area (Å²) in [5, 5.41) is 7.03. The van der Waals surface area contributed by atoms with E-state index in [0.717, 1.165) is 37.2 Å². The number of piperidine rings is 1. The Morgan fingerprint density at radius 2 is 2.18 bits per heavy atom. The van der Waals surface area contributed by atoms with E-state index in [9.17, 15) is 4.79 Å². The Kier molecular flexibility index (Phi) is 4.24. The SMILES string of the molecule is CC(N)C1CCCN(C(=O)c2cn[nH]c2-c2ccccc2)C1. The molecule has 0 bridgehead atoms. The molecule has 1 aromatic heterocycles. The summed E-state index contributed by atoms with van der Waals surface area (Å²) in [6.07, 6.45) is 3.73. The predicted octanol–water partition coefficient (Wildman–Crippen LogP) is 2.28. The van der Waals surface area contributed by atoms with E-state index in [1.807, 2.05) is 42.2 Å². The first-order valence-electron chi connectivity index (χ1n) is 7.80. The monoisotopic (exact) mass is 298 g/mol. The molecule has 1 saturated heterocycles. The van der Waals surface area contributed by atoms with Crippen molar-refractivity contribution in [2.24, 2.45) is 11.7 Å². The van der Waals surface area contributed by atoms with Gasteiger partial charge < -0.3 is 10.6 Å². The van der Waals surface area contributed by atoms with Crippen LogP contribution in [0.3, 0.4) is 0 Å². The highest BCUT2D eigenvalue weighted by Gasteiger charge is 2.28. The Morgan fingerprint density at radius 1 is 1.41 bits per heavy atom. The fourth-order valence-electron chi connectivity index (χ4n) is 3.07. The van der Waals surface area contributed by atoms with Gasteiger partial charge in [-0.25, -0.2) is 0 Å². The lowest BCUT2D eigenvalue weighted by Gasteiger charge is -2.34. The molecule has 116 valence electrons. The molecular formula is C17H22N4O. The fraction of sp³-hybridized carbons (Fsp3) is 0.412. The van der Waals surface area contributed by atoms with Gasteiger partial charge in [0.15, 0.2) is 0 Å². The summed E-state index contributed by atoms with van der Waals surface area (Å²) in [5.41, 5.74) is 8.41. The molecule has 0 aliphatic carbocycles. The molecular weight excluding hydrogens is 276 g/mol. The first kappa shape index (κ1) is 14.8. The van der Waals surface area contributed by atoms with Crippen molar-refractivity contribution >= 4 is 5.91 Å². The molecule has 3 rings (SSSR count). The average molecular weight is 298 g/mol. The summed E-state index contributed by atoms with van der Waals surface area (Å²) in [6, 6.07) is 9.94. The van der Waals surface area contributed by atoms with Gasteiger partial charge in [-0.3, -0.25) is 9.89 Å². The van der Waals surface area contributed by atoms with Crippen molar-refractivity contribution in [3.8, 4) is 11.3 Å². The van der Waals surface area contributed by atoms with Gasteiger partial charge in [0.05, 0.1) is 17.5 Å². The van der Waals surface area contributed by atoms with Gasteiger partial charge >= 0.3 is 0 Å². The van der Waals surface area contributed by atoms with Crippen molar-refractivity contribution in [2.45, 2.75) is 25.8 Å². The minimum Gasteiger partial charge on any atom is -0.338 e. The smallest absolute Gasteiger partial charge is 0.257 e. The number of H-pyrrole nitrogens is 1. The van der Waals surface area contributed by atoms with Gasteiger partial charge in [-0.1, -0.05) is 30.3 Å². The molecule has 0 saturated carbocycles. The topological polar surface area (TPSA) is 75.0 Å². The molecule has 1 fully saturated rings. The maximum absolute atomic E-state index is 12.8. The van der Waals surface area contributed by atoms with Gasteiger partial charge in [-0.05, 0) is 25.7 Å². The zero-order chi connectivity index (χ0) is 15.5. The number of aromatic amines is 1. The Hall–Kier alpha value is -2.14. The molecule has 1 aliphatic heterocycles. The van der Waals surface area contributed by atoms with Crippen LogP contribution >= 0.6 is 0 Å². The second-order valence-corrected chi connectivity index (χ2v) is 6.04. The van der Waals surface area contributed by atoms with Gasteiger partial charge in [0.2, 0.25) is 0 Å². The molecule has 0 radical (unpaired) electrons. The number of hydrogen-bond acceptors (Lipinski definition) is 3. The minimum absolute atomic E-state index is 0.0398. The molecule has 5 nitrogen and oxygen atoms in total. The number of benzene rings is 1. The average Bonchev–Trinajstić information content (AvgIpc) is 3.04. The third kappa shape index (κ3) is 2.90. The maximum atomic E-state index is 12.8. The Morgan fingerprint density at radius 3 is 2.91 bits per heavy atom. The number of carbonyl (C=O) groups excluding carboxylic acids is 1. The third-order valence-electron chi connectivity index (χ3n) is 4.42. The van der Waals surface area contributed by atoms with Gasteiger partial charge in [0.1, 0.15) is 0 Å². The molecule has 1 aromatic carbocycles. The molecule has 2 aromatic rings. The van der Waals surface area contributed by atoms with Crippen LogP contribution in [0, 0.1) is 5.92 Å². The number of aromatic nitrogens is 2. The third-order valence-corrected chi connectivity index (χ3v) is 4.42. The van der Waals surface area contributed by atoms with Crippen LogP contribution in [0.25, 0.3) is 11.3 Å². The highest BCUT2D eigenvalue weighted by atomic mass is 16.2. The summed E-state index contributed by atoms with van der Waals surface area (Å²) < 4.78 is 0. The number of nitrogens with zero attached hydrogens (tertiary/aromatic N) is 2. The second-order valence-electron chi connectivity index (χ2n) is 6.04. The van der Waals surface area contributed by atoms with Crippen LogP contribution in [0.1, 0.15) is 30.1 Å². The Labute approximate surface area is 130 Å². The number of amides is 1. The summed E-state index contributed by atoms with van der Waals surface area (Å²) in [6.45, 7) is 3.54.